The van der Waals surface area contributed by atoms with Crippen molar-refractivity contribution in [2.24, 2.45) is 0 Å². The molecule has 1 aliphatic carbocycles. The first kappa shape index (κ1) is 5.86. The Morgan fingerprint density at radius 1 is 1.50 bits per heavy atom. The van der Waals surface area contributed by atoms with Crippen LogP contribution >= 0.6 is 11.6 Å². The number of halogens is 1. The van der Waals surface area contributed by atoms with Gasteiger partial charge in [0, 0.05) is 6.42 Å². The summed E-state index contributed by atoms with van der Waals surface area (Å²) < 4.78 is 0. The first-order chi connectivity index (χ1) is 3.71. The lowest BCUT2D eigenvalue weighted by Gasteiger charge is -2.14. The summed E-state index contributed by atoms with van der Waals surface area (Å²) in [4.78, 5) is 0. The van der Waals surface area contributed by atoms with Crippen molar-refractivity contribution < 1.29 is 5.11 Å². The maximum absolute atomic E-state index is 9.00. The van der Waals surface area contributed by atoms with Gasteiger partial charge < -0.3 is 5.11 Å². The summed E-state index contributed by atoms with van der Waals surface area (Å²) >= 11 is 5.49. The second kappa shape index (κ2) is 1.92. The van der Waals surface area contributed by atoms with E-state index in [1.165, 1.54) is 0 Å². The van der Waals surface area contributed by atoms with E-state index in [-0.39, 0.29) is 0 Å². The standard InChI is InChI=1S/C6H7ClO/c7-6(8)4-2-1-3-5-6/h1-4,8H,5H2. The van der Waals surface area contributed by atoms with E-state index in [1.807, 2.05) is 12.2 Å². The first-order valence-corrected chi connectivity index (χ1v) is 2.84. The van der Waals surface area contributed by atoms with E-state index in [9.17, 15) is 0 Å². The number of aliphatic hydroxyl groups is 1. The Kier molecular flexibility index (Phi) is 1.41. The molecule has 0 saturated carbocycles. The van der Waals surface area contributed by atoms with Crippen LogP contribution in [0.4, 0.5) is 0 Å². The van der Waals surface area contributed by atoms with Crippen LogP contribution in [0, 0.1) is 0 Å². The molecule has 0 aliphatic heterocycles. The summed E-state index contributed by atoms with van der Waals surface area (Å²) in [5.41, 5.74) is 0. The van der Waals surface area contributed by atoms with E-state index >= 15 is 0 Å². The Hall–Kier alpha value is -0.270. The van der Waals surface area contributed by atoms with E-state index in [2.05, 4.69) is 0 Å². The van der Waals surface area contributed by atoms with Crippen LogP contribution in [0.3, 0.4) is 0 Å². The van der Waals surface area contributed by atoms with Crippen LogP contribution in [0.1, 0.15) is 6.42 Å². The van der Waals surface area contributed by atoms with E-state index in [0.717, 1.165) is 0 Å². The maximum atomic E-state index is 9.00. The van der Waals surface area contributed by atoms with Crippen molar-refractivity contribution in [3.63, 3.8) is 0 Å². The fraction of sp³-hybridized carbons (Fsp3) is 0.333. The van der Waals surface area contributed by atoms with E-state index in [1.54, 1.807) is 12.2 Å². The first-order valence-electron chi connectivity index (χ1n) is 2.46. The Balaban J connectivity index is 2.65. The molecule has 1 N–H and O–H groups in total. The Labute approximate surface area is 53.3 Å². The third-order valence-electron chi connectivity index (χ3n) is 1.00. The minimum absolute atomic E-state index is 0.505. The van der Waals surface area contributed by atoms with Gasteiger partial charge in [-0.2, -0.15) is 0 Å². The van der Waals surface area contributed by atoms with Gasteiger partial charge in [0.1, 0.15) is 0 Å². The average molecular weight is 131 g/mol. The molecule has 44 valence electrons. The molecule has 1 atom stereocenters. The topological polar surface area (TPSA) is 20.2 Å². The molecule has 0 saturated heterocycles. The molecule has 1 nitrogen and oxygen atoms in total. The number of hydrogen-bond acceptors (Lipinski definition) is 1. The third-order valence-corrected chi connectivity index (χ3v) is 1.28. The molecule has 0 aromatic heterocycles. The van der Waals surface area contributed by atoms with Crippen molar-refractivity contribution in [2.45, 2.75) is 11.5 Å². The average Bonchev–Trinajstić information content (AvgIpc) is 1.65. The monoisotopic (exact) mass is 130 g/mol. The molecule has 0 amide bonds. The SMILES string of the molecule is OC1(Cl)C=CC=CC1. The molecule has 0 spiro atoms. The number of hydrogen-bond donors (Lipinski definition) is 1. The van der Waals surface area contributed by atoms with Crippen LogP contribution in [0.5, 0.6) is 0 Å². The highest BCUT2D eigenvalue weighted by molar-refractivity contribution is 6.24. The van der Waals surface area contributed by atoms with Crippen LogP contribution in [-0.4, -0.2) is 10.2 Å². The predicted octanol–water partition coefficient (Wildman–Crippen LogP) is 1.43. The molecule has 0 radical (unpaired) electrons. The van der Waals surface area contributed by atoms with Crippen LogP contribution < -0.4 is 0 Å². The quantitative estimate of drug-likeness (QED) is 0.492. The molecule has 0 aromatic carbocycles. The van der Waals surface area contributed by atoms with Crippen molar-refractivity contribution in [2.75, 3.05) is 0 Å². The van der Waals surface area contributed by atoms with Gasteiger partial charge in [-0.05, 0) is 6.08 Å². The minimum Gasteiger partial charge on any atom is -0.371 e. The smallest absolute Gasteiger partial charge is 0.161 e. The van der Waals surface area contributed by atoms with E-state index in [0.29, 0.717) is 6.42 Å². The van der Waals surface area contributed by atoms with Crippen LogP contribution in [0.2, 0.25) is 0 Å². The number of allylic oxidation sites excluding steroid dienone is 2. The summed E-state index contributed by atoms with van der Waals surface area (Å²) in [6.07, 6.45) is 7.49. The van der Waals surface area contributed by atoms with Gasteiger partial charge in [-0.3, -0.25) is 0 Å². The number of alkyl halides is 1. The maximum Gasteiger partial charge on any atom is 0.161 e. The molecule has 0 bridgehead atoms. The normalized spacial score (nSPS) is 35.8. The predicted molar refractivity (Wildman–Crippen MR) is 33.7 cm³/mol. The Bertz CT molecular complexity index is 135. The van der Waals surface area contributed by atoms with Crippen molar-refractivity contribution >= 4 is 11.6 Å². The summed E-state index contributed by atoms with van der Waals surface area (Å²) in [6.45, 7) is 0. The molecule has 0 fully saturated rings. The van der Waals surface area contributed by atoms with Gasteiger partial charge in [-0.1, -0.05) is 29.8 Å². The summed E-state index contributed by atoms with van der Waals surface area (Å²) in [5.74, 6) is 0. The zero-order chi connectivity index (χ0) is 6.04. The van der Waals surface area contributed by atoms with Gasteiger partial charge in [0.2, 0.25) is 0 Å². The lowest BCUT2D eigenvalue weighted by atomic mass is 10.1. The summed E-state index contributed by atoms with van der Waals surface area (Å²) in [7, 11) is 0. The second-order valence-corrected chi connectivity index (χ2v) is 2.46. The van der Waals surface area contributed by atoms with E-state index < -0.39 is 5.06 Å². The Morgan fingerprint density at radius 3 is 2.50 bits per heavy atom. The van der Waals surface area contributed by atoms with Crippen molar-refractivity contribution in [3.8, 4) is 0 Å². The lowest BCUT2D eigenvalue weighted by Crippen LogP contribution is -2.16. The van der Waals surface area contributed by atoms with Crippen LogP contribution in [-0.2, 0) is 0 Å². The van der Waals surface area contributed by atoms with Crippen LogP contribution in [0.25, 0.3) is 0 Å². The molecular formula is C6H7ClO. The van der Waals surface area contributed by atoms with Crippen molar-refractivity contribution in [1.29, 1.82) is 0 Å². The van der Waals surface area contributed by atoms with Gasteiger partial charge in [0.15, 0.2) is 5.06 Å². The van der Waals surface area contributed by atoms with Crippen molar-refractivity contribution in [3.05, 3.63) is 24.3 Å². The second-order valence-electron chi connectivity index (χ2n) is 1.81. The van der Waals surface area contributed by atoms with Crippen molar-refractivity contribution in [1.82, 2.24) is 0 Å². The molecule has 8 heavy (non-hydrogen) atoms. The highest BCUT2D eigenvalue weighted by atomic mass is 35.5. The summed E-state index contributed by atoms with van der Waals surface area (Å²) in [6, 6.07) is 0. The highest BCUT2D eigenvalue weighted by Gasteiger charge is 2.17. The largest absolute Gasteiger partial charge is 0.371 e. The zero-order valence-electron chi connectivity index (χ0n) is 4.34. The fourth-order valence-electron chi connectivity index (χ4n) is 0.583. The molecule has 2 heteroatoms. The third kappa shape index (κ3) is 1.35. The fourth-order valence-corrected chi connectivity index (χ4v) is 0.745. The van der Waals surface area contributed by atoms with E-state index in [4.69, 9.17) is 16.7 Å². The minimum atomic E-state index is -1.12. The molecule has 1 aliphatic rings. The van der Waals surface area contributed by atoms with Gasteiger partial charge in [-0.25, -0.2) is 0 Å². The lowest BCUT2D eigenvalue weighted by molar-refractivity contribution is 0.182. The van der Waals surface area contributed by atoms with Crippen LogP contribution in [0.15, 0.2) is 24.3 Å². The zero-order valence-corrected chi connectivity index (χ0v) is 5.10. The van der Waals surface area contributed by atoms with Gasteiger partial charge in [0.05, 0.1) is 0 Å². The van der Waals surface area contributed by atoms with Gasteiger partial charge in [-0.15, -0.1) is 0 Å². The molecule has 1 unspecified atom stereocenters. The molecule has 1 rings (SSSR count). The van der Waals surface area contributed by atoms with Gasteiger partial charge in [0.25, 0.3) is 0 Å². The van der Waals surface area contributed by atoms with Gasteiger partial charge >= 0.3 is 0 Å². The molecular weight excluding hydrogens is 124 g/mol. The number of rotatable bonds is 0. The Morgan fingerprint density at radius 2 is 2.25 bits per heavy atom. The molecule has 0 heterocycles. The highest BCUT2D eigenvalue weighted by Crippen LogP contribution is 2.20. The summed E-state index contributed by atoms with van der Waals surface area (Å²) in [5, 5.41) is 7.89. The molecule has 0 aromatic rings.